The van der Waals surface area contributed by atoms with E-state index in [1.807, 2.05) is 53.2 Å². The summed E-state index contributed by atoms with van der Waals surface area (Å²) in [6.45, 7) is 2.05. The number of nitrogens with zero attached hydrogens (tertiary/aromatic N) is 2. The summed E-state index contributed by atoms with van der Waals surface area (Å²) in [6, 6.07) is 22.8. The van der Waals surface area contributed by atoms with Gasteiger partial charge in [-0.1, -0.05) is 48.5 Å². The fourth-order valence-corrected chi connectivity index (χ4v) is 2.90. The Bertz CT molecular complexity index is 922. The number of fused-ring (bicyclic) bond motifs is 1. The van der Waals surface area contributed by atoms with E-state index in [2.05, 4.69) is 13.0 Å². The van der Waals surface area contributed by atoms with E-state index >= 15 is 0 Å². The summed E-state index contributed by atoms with van der Waals surface area (Å²) in [5, 5.41) is 5.67. The second kappa shape index (κ2) is 5.36. The maximum atomic E-state index is 14.2. The van der Waals surface area contributed by atoms with E-state index in [1.54, 1.807) is 12.1 Å². The van der Waals surface area contributed by atoms with Gasteiger partial charge in [-0.3, -0.25) is 0 Å². The molecule has 0 bridgehead atoms. The zero-order valence-electron chi connectivity index (χ0n) is 12.7. The van der Waals surface area contributed by atoms with E-state index in [1.165, 1.54) is 6.07 Å². The van der Waals surface area contributed by atoms with E-state index in [-0.39, 0.29) is 5.82 Å². The highest BCUT2D eigenvalue weighted by molar-refractivity contribution is 5.94. The highest BCUT2D eigenvalue weighted by Gasteiger charge is 2.16. The van der Waals surface area contributed by atoms with Crippen LogP contribution in [0.3, 0.4) is 0 Å². The minimum absolute atomic E-state index is 0.257. The lowest BCUT2D eigenvalue weighted by molar-refractivity contribution is 0.630. The number of para-hydroxylation sites is 2. The molecule has 0 atom stereocenters. The lowest BCUT2D eigenvalue weighted by Gasteiger charge is -2.06. The molecule has 1 heterocycles. The van der Waals surface area contributed by atoms with Gasteiger partial charge in [-0.25, -0.2) is 9.07 Å². The Balaban J connectivity index is 2.06. The third-order valence-corrected chi connectivity index (χ3v) is 4.06. The highest BCUT2D eigenvalue weighted by Crippen LogP contribution is 2.31. The molecule has 0 spiro atoms. The van der Waals surface area contributed by atoms with Gasteiger partial charge < -0.3 is 0 Å². The van der Waals surface area contributed by atoms with Crippen molar-refractivity contribution in [2.24, 2.45) is 0 Å². The molecule has 0 saturated carbocycles. The number of aromatic nitrogens is 2. The van der Waals surface area contributed by atoms with Crippen molar-refractivity contribution >= 4 is 10.9 Å². The van der Waals surface area contributed by atoms with Gasteiger partial charge in [0, 0.05) is 10.9 Å². The smallest absolute Gasteiger partial charge is 0.132 e. The predicted octanol–water partition coefficient (Wildman–Crippen LogP) is 5.14. The van der Waals surface area contributed by atoms with Gasteiger partial charge in [0.1, 0.15) is 11.5 Å². The number of hydrogen-bond acceptors (Lipinski definition) is 1. The molecule has 3 aromatic carbocycles. The van der Waals surface area contributed by atoms with Crippen molar-refractivity contribution in [3.05, 3.63) is 84.2 Å². The molecule has 23 heavy (non-hydrogen) atoms. The van der Waals surface area contributed by atoms with E-state index in [9.17, 15) is 4.39 Å². The molecule has 0 aliphatic heterocycles. The molecule has 1 aromatic heterocycles. The van der Waals surface area contributed by atoms with Crippen molar-refractivity contribution in [3.8, 4) is 16.9 Å². The van der Waals surface area contributed by atoms with Crippen LogP contribution in [0.15, 0.2) is 72.8 Å². The predicted molar refractivity (Wildman–Crippen MR) is 91.2 cm³/mol. The first-order valence-corrected chi connectivity index (χ1v) is 7.54. The number of rotatable bonds is 2. The lowest BCUT2D eigenvalue weighted by Crippen LogP contribution is -1.99. The molecule has 4 aromatic rings. The largest absolute Gasteiger partial charge is 0.232 e. The summed E-state index contributed by atoms with van der Waals surface area (Å²) in [5.41, 5.74) is 4.30. The van der Waals surface area contributed by atoms with Crippen molar-refractivity contribution in [1.82, 2.24) is 9.78 Å². The molecule has 3 heteroatoms. The number of aryl methyl sites for hydroxylation is 1. The first kappa shape index (κ1) is 13.7. The van der Waals surface area contributed by atoms with Gasteiger partial charge in [0.15, 0.2) is 0 Å². The molecular weight excluding hydrogens is 287 g/mol. The van der Waals surface area contributed by atoms with Gasteiger partial charge in [-0.2, -0.15) is 5.10 Å². The Morgan fingerprint density at radius 3 is 2.35 bits per heavy atom. The van der Waals surface area contributed by atoms with Crippen LogP contribution in [0.5, 0.6) is 0 Å². The van der Waals surface area contributed by atoms with Gasteiger partial charge >= 0.3 is 0 Å². The Labute approximate surface area is 133 Å². The Hall–Kier alpha value is -2.94. The molecule has 0 radical (unpaired) electrons. The van der Waals surface area contributed by atoms with Crippen LogP contribution in [-0.2, 0) is 0 Å². The molecule has 0 amide bonds. The average Bonchev–Trinajstić information content (AvgIpc) is 2.95. The zero-order chi connectivity index (χ0) is 15.8. The van der Waals surface area contributed by atoms with Crippen molar-refractivity contribution in [1.29, 1.82) is 0 Å². The first-order valence-electron chi connectivity index (χ1n) is 7.54. The Kier molecular flexibility index (Phi) is 3.19. The molecule has 0 N–H and O–H groups in total. The van der Waals surface area contributed by atoms with Crippen LogP contribution in [0.2, 0.25) is 0 Å². The summed E-state index contributed by atoms with van der Waals surface area (Å²) in [6.07, 6.45) is 0. The van der Waals surface area contributed by atoms with E-state index in [4.69, 9.17) is 5.10 Å². The Morgan fingerprint density at radius 1 is 0.826 bits per heavy atom. The van der Waals surface area contributed by atoms with Crippen LogP contribution in [0, 0.1) is 12.7 Å². The van der Waals surface area contributed by atoms with E-state index in [0.717, 1.165) is 22.2 Å². The molecule has 4 rings (SSSR count). The van der Waals surface area contributed by atoms with Crippen LogP contribution in [-0.4, -0.2) is 9.78 Å². The minimum Gasteiger partial charge on any atom is -0.232 e. The van der Waals surface area contributed by atoms with Gasteiger partial charge in [0.05, 0.1) is 11.2 Å². The second-order valence-electron chi connectivity index (χ2n) is 5.54. The number of benzene rings is 3. The van der Waals surface area contributed by atoms with Crippen LogP contribution < -0.4 is 0 Å². The summed E-state index contributed by atoms with van der Waals surface area (Å²) in [4.78, 5) is 0. The SMILES string of the molecule is Cc1ccccc1-n1nc(-c2ccccc2F)c2ccccc21. The van der Waals surface area contributed by atoms with Crippen molar-refractivity contribution < 1.29 is 4.39 Å². The van der Waals surface area contributed by atoms with Crippen molar-refractivity contribution in [2.45, 2.75) is 6.92 Å². The molecule has 0 aliphatic carbocycles. The molecule has 0 fully saturated rings. The highest BCUT2D eigenvalue weighted by atomic mass is 19.1. The minimum atomic E-state index is -0.257. The fraction of sp³-hybridized carbons (Fsp3) is 0.0500. The normalized spacial score (nSPS) is 11.0. The summed E-state index contributed by atoms with van der Waals surface area (Å²) >= 11 is 0. The standard InChI is InChI=1S/C20H15FN2/c1-14-8-2-6-12-18(14)23-19-13-7-4-10-16(19)20(22-23)15-9-3-5-11-17(15)21/h2-13H,1H3. The summed E-state index contributed by atoms with van der Waals surface area (Å²) in [7, 11) is 0. The maximum absolute atomic E-state index is 14.2. The maximum Gasteiger partial charge on any atom is 0.132 e. The zero-order valence-corrected chi connectivity index (χ0v) is 12.7. The second-order valence-corrected chi connectivity index (χ2v) is 5.54. The topological polar surface area (TPSA) is 17.8 Å². The Morgan fingerprint density at radius 2 is 1.52 bits per heavy atom. The summed E-state index contributed by atoms with van der Waals surface area (Å²) in [5.74, 6) is -0.257. The quantitative estimate of drug-likeness (QED) is 0.501. The third-order valence-electron chi connectivity index (χ3n) is 4.06. The molecule has 0 aliphatic rings. The third kappa shape index (κ3) is 2.21. The molecule has 2 nitrogen and oxygen atoms in total. The van der Waals surface area contributed by atoms with E-state index in [0.29, 0.717) is 11.3 Å². The van der Waals surface area contributed by atoms with Crippen LogP contribution in [0.1, 0.15) is 5.56 Å². The van der Waals surface area contributed by atoms with Crippen molar-refractivity contribution in [2.75, 3.05) is 0 Å². The van der Waals surface area contributed by atoms with Crippen LogP contribution >= 0.6 is 0 Å². The number of hydrogen-bond donors (Lipinski definition) is 0. The first-order chi connectivity index (χ1) is 11.3. The van der Waals surface area contributed by atoms with Crippen molar-refractivity contribution in [3.63, 3.8) is 0 Å². The van der Waals surface area contributed by atoms with Crippen LogP contribution in [0.25, 0.3) is 27.8 Å². The monoisotopic (exact) mass is 302 g/mol. The van der Waals surface area contributed by atoms with Crippen LogP contribution in [0.4, 0.5) is 4.39 Å². The van der Waals surface area contributed by atoms with E-state index < -0.39 is 0 Å². The summed E-state index contributed by atoms with van der Waals surface area (Å²) < 4.78 is 16.1. The van der Waals surface area contributed by atoms with Gasteiger partial charge in [-0.05, 0) is 36.8 Å². The van der Waals surface area contributed by atoms with Gasteiger partial charge in [0.2, 0.25) is 0 Å². The molecule has 0 saturated heterocycles. The van der Waals surface area contributed by atoms with Gasteiger partial charge in [0.25, 0.3) is 0 Å². The van der Waals surface area contributed by atoms with Gasteiger partial charge in [-0.15, -0.1) is 0 Å². The average molecular weight is 302 g/mol. The fourth-order valence-electron chi connectivity index (χ4n) is 2.90. The molecule has 0 unspecified atom stereocenters. The number of halogens is 1. The molecule has 112 valence electrons. The lowest BCUT2D eigenvalue weighted by atomic mass is 10.1. The molecular formula is C20H15FN2.